The van der Waals surface area contributed by atoms with Gasteiger partial charge in [-0.15, -0.1) is 0 Å². The Morgan fingerprint density at radius 3 is 2.41 bits per heavy atom. The number of nitrogens with zero attached hydrogens (tertiary/aromatic N) is 1. The monoisotopic (exact) mass is 401 g/mol. The van der Waals surface area contributed by atoms with Gasteiger partial charge >= 0.3 is 0 Å². The largest absolute Gasteiger partial charge is 0.352 e. The van der Waals surface area contributed by atoms with Crippen molar-refractivity contribution in [1.29, 1.82) is 5.26 Å². The van der Waals surface area contributed by atoms with E-state index in [4.69, 9.17) is 0 Å². The molecule has 3 rings (SSSR count). The maximum atomic E-state index is 12.9. The standard InChI is InChI=1S/C23H19N3O2S/c1-2-25-22(27)16-9-7-10-18(14-16)26-23(28)19-11-4-6-13-21(19)29-20-12-5-3-8-17(20)15-24/h3-14H,2H2,1H3,(H,25,27)(H,26,28). The molecule has 0 aromatic heterocycles. The third-order valence-corrected chi connectivity index (χ3v) is 5.23. The van der Waals surface area contributed by atoms with Gasteiger partial charge in [0.1, 0.15) is 6.07 Å². The normalized spacial score (nSPS) is 10.1. The average molecular weight is 401 g/mol. The molecule has 0 fully saturated rings. The van der Waals surface area contributed by atoms with Crippen LogP contribution in [0.25, 0.3) is 0 Å². The van der Waals surface area contributed by atoms with Crippen molar-refractivity contribution in [2.45, 2.75) is 16.7 Å². The lowest BCUT2D eigenvalue weighted by Gasteiger charge is -2.11. The molecule has 3 aromatic rings. The number of rotatable bonds is 6. The highest BCUT2D eigenvalue weighted by molar-refractivity contribution is 7.99. The number of nitriles is 1. The number of hydrogen-bond acceptors (Lipinski definition) is 4. The van der Waals surface area contributed by atoms with Gasteiger partial charge in [0.2, 0.25) is 0 Å². The zero-order valence-corrected chi connectivity index (χ0v) is 16.6. The third-order valence-electron chi connectivity index (χ3n) is 4.08. The van der Waals surface area contributed by atoms with E-state index < -0.39 is 0 Å². The Morgan fingerprint density at radius 2 is 1.66 bits per heavy atom. The Labute approximate surface area is 173 Å². The molecular weight excluding hydrogens is 382 g/mol. The average Bonchev–Trinajstić information content (AvgIpc) is 2.75. The smallest absolute Gasteiger partial charge is 0.256 e. The highest BCUT2D eigenvalue weighted by Gasteiger charge is 2.14. The molecule has 2 amide bonds. The maximum Gasteiger partial charge on any atom is 0.256 e. The van der Waals surface area contributed by atoms with Crippen molar-refractivity contribution in [3.8, 4) is 6.07 Å². The summed E-state index contributed by atoms with van der Waals surface area (Å²) < 4.78 is 0. The molecule has 0 aliphatic rings. The van der Waals surface area contributed by atoms with Crippen LogP contribution in [-0.4, -0.2) is 18.4 Å². The lowest BCUT2D eigenvalue weighted by Crippen LogP contribution is -2.22. The molecule has 144 valence electrons. The molecule has 0 saturated carbocycles. The second kappa shape index (κ2) is 9.58. The molecule has 0 heterocycles. The van der Waals surface area contributed by atoms with Crippen molar-refractivity contribution in [1.82, 2.24) is 5.32 Å². The van der Waals surface area contributed by atoms with E-state index in [1.165, 1.54) is 11.8 Å². The second-order valence-electron chi connectivity index (χ2n) is 6.10. The number of carbonyl (C=O) groups excluding carboxylic acids is 2. The summed E-state index contributed by atoms with van der Waals surface area (Å²) in [4.78, 5) is 26.4. The fourth-order valence-corrected chi connectivity index (χ4v) is 3.73. The zero-order chi connectivity index (χ0) is 20.6. The molecule has 0 radical (unpaired) electrons. The summed E-state index contributed by atoms with van der Waals surface area (Å²) in [6.45, 7) is 2.38. The number of benzene rings is 3. The van der Waals surface area contributed by atoms with Crippen LogP contribution in [-0.2, 0) is 0 Å². The summed E-state index contributed by atoms with van der Waals surface area (Å²) >= 11 is 1.37. The first-order valence-corrected chi connectivity index (χ1v) is 9.89. The summed E-state index contributed by atoms with van der Waals surface area (Å²) in [5, 5.41) is 14.9. The zero-order valence-electron chi connectivity index (χ0n) is 15.8. The molecule has 0 aliphatic heterocycles. The van der Waals surface area contributed by atoms with E-state index in [0.29, 0.717) is 28.9 Å². The summed E-state index contributed by atoms with van der Waals surface area (Å²) in [6.07, 6.45) is 0. The number of anilines is 1. The van der Waals surface area contributed by atoms with Gasteiger partial charge in [-0.1, -0.05) is 42.1 Å². The molecule has 0 bridgehead atoms. The van der Waals surface area contributed by atoms with E-state index in [1.54, 1.807) is 42.5 Å². The number of hydrogen-bond donors (Lipinski definition) is 2. The minimum Gasteiger partial charge on any atom is -0.352 e. The Morgan fingerprint density at radius 1 is 0.931 bits per heavy atom. The van der Waals surface area contributed by atoms with Crippen molar-refractivity contribution in [3.63, 3.8) is 0 Å². The van der Waals surface area contributed by atoms with Crippen LogP contribution in [0.2, 0.25) is 0 Å². The first-order valence-electron chi connectivity index (χ1n) is 9.08. The van der Waals surface area contributed by atoms with Crippen LogP contribution in [0.3, 0.4) is 0 Å². The van der Waals surface area contributed by atoms with Crippen LogP contribution in [0.4, 0.5) is 5.69 Å². The van der Waals surface area contributed by atoms with Gasteiger partial charge in [-0.05, 0) is 49.4 Å². The van der Waals surface area contributed by atoms with Gasteiger partial charge in [0.05, 0.1) is 11.1 Å². The van der Waals surface area contributed by atoms with Crippen LogP contribution in [0.1, 0.15) is 33.2 Å². The number of carbonyl (C=O) groups is 2. The van der Waals surface area contributed by atoms with E-state index in [-0.39, 0.29) is 11.8 Å². The second-order valence-corrected chi connectivity index (χ2v) is 7.18. The molecule has 0 spiro atoms. The van der Waals surface area contributed by atoms with Crippen molar-refractivity contribution >= 4 is 29.3 Å². The minimum atomic E-state index is -0.282. The summed E-state index contributed by atoms with van der Waals surface area (Å²) in [5.41, 5.74) is 2.07. The predicted molar refractivity (Wildman–Crippen MR) is 114 cm³/mol. The lowest BCUT2D eigenvalue weighted by molar-refractivity contribution is 0.0954. The van der Waals surface area contributed by atoms with Crippen molar-refractivity contribution < 1.29 is 9.59 Å². The Balaban J connectivity index is 1.83. The van der Waals surface area contributed by atoms with Crippen LogP contribution in [0, 0.1) is 11.3 Å². The summed E-state index contributed by atoms with van der Waals surface area (Å²) in [6, 6.07) is 23.5. The first kappa shape index (κ1) is 20.2. The van der Waals surface area contributed by atoms with Gasteiger partial charge in [-0.3, -0.25) is 9.59 Å². The van der Waals surface area contributed by atoms with E-state index in [2.05, 4.69) is 16.7 Å². The Kier molecular flexibility index (Phi) is 6.67. The fraction of sp³-hybridized carbons (Fsp3) is 0.0870. The van der Waals surface area contributed by atoms with Crippen molar-refractivity contribution in [2.24, 2.45) is 0 Å². The summed E-state index contributed by atoms with van der Waals surface area (Å²) in [5.74, 6) is -0.469. The lowest BCUT2D eigenvalue weighted by atomic mass is 10.1. The van der Waals surface area contributed by atoms with Gasteiger partial charge < -0.3 is 10.6 Å². The van der Waals surface area contributed by atoms with Gasteiger partial charge in [0.25, 0.3) is 11.8 Å². The SMILES string of the molecule is CCNC(=O)c1cccc(NC(=O)c2ccccc2Sc2ccccc2C#N)c1. The molecule has 0 saturated heterocycles. The van der Waals surface area contributed by atoms with Crippen LogP contribution < -0.4 is 10.6 Å². The molecule has 0 atom stereocenters. The van der Waals surface area contributed by atoms with E-state index in [0.717, 1.165) is 9.79 Å². The molecule has 0 aliphatic carbocycles. The maximum absolute atomic E-state index is 12.9. The van der Waals surface area contributed by atoms with E-state index >= 15 is 0 Å². The molecule has 6 heteroatoms. The van der Waals surface area contributed by atoms with E-state index in [1.807, 2.05) is 37.3 Å². The van der Waals surface area contributed by atoms with Gasteiger partial charge in [0, 0.05) is 27.6 Å². The van der Waals surface area contributed by atoms with Crippen LogP contribution in [0.5, 0.6) is 0 Å². The molecule has 2 N–H and O–H groups in total. The third kappa shape index (κ3) is 5.03. The Hall–Kier alpha value is -3.56. The molecule has 29 heavy (non-hydrogen) atoms. The van der Waals surface area contributed by atoms with E-state index in [9.17, 15) is 14.9 Å². The van der Waals surface area contributed by atoms with Gasteiger partial charge in [-0.2, -0.15) is 5.26 Å². The quantitative estimate of drug-likeness (QED) is 0.627. The molecular formula is C23H19N3O2S. The highest BCUT2D eigenvalue weighted by atomic mass is 32.2. The Bertz CT molecular complexity index is 1090. The number of amides is 2. The van der Waals surface area contributed by atoms with Crippen LogP contribution in [0.15, 0.2) is 82.6 Å². The van der Waals surface area contributed by atoms with Crippen molar-refractivity contribution in [3.05, 3.63) is 89.5 Å². The van der Waals surface area contributed by atoms with Crippen molar-refractivity contribution in [2.75, 3.05) is 11.9 Å². The van der Waals surface area contributed by atoms with Gasteiger partial charge in [-0.25, -0.2) is 0 Å². The topological polar surface area (TPSA) is 82.0 Å². The molecule has 3 aromatic carbocycles. The highest BCUT2D eigenvalue weighted by Crippen LogP contribution is 2.32. The molecule has 0 unspecified atom stereocenters. The predicted octanol–water partition coefficient (Wildman–Crippen LogP) is 4.71. The summed E-state index contributed by atoms with van der Waals surface area (Å²) in [7, 11) is 0. The fourth-order valence-electron chi connectivity index (χ4n) is 2.71. The number of nitrogens with one attached hydrogen (secondary N) is 2. The van der Waals surface area contributed by atoms with Gasteiger partial charge in [0.15, 0.2) is 0 Å². The minimum absolute atomic E-state index is 0.187. The molecule has 5 nitrogen and oxygen atoms in total. The first-order chi connectivity index (χ1) is 14.1. The van der Waals surface area contributed by atoms with Crippen LogP contribution >= 0.6 is 11.8 Å².